The normalized spacial score (nSPS) is 14.7. The number of rotatable bonds is 5. The second-order valence-electron chi connectivity index (χ2n) is 6.76. The molecule has 1 aliphatic rings. The van der Waals surface area contributed by atoms with Crippen LogP contribution >= 0.6 is 0 Å². The van der Waals surface area contributed by atoms with Crippen molar-refractivity contribution >= 4 is 17.0 Å². The molecule has 7 nitrogen and oxygen atoms in total. The summed E-state index contributed by atoms with van der Waals surface area (Å²) in [5.41, 5.74) is 0.935. The van der Waals surface area contributed by atoms with Gasteiger partial charge in [0.15, 0.2) is 0 Å². The largest absolute Gasteiger partial charge is 0.353 e. The monoisotopic (exact) mass is 370 g/mol. The van der Waals surface area contributed by atoms with E-state index in [4.69, 9.17) is 4.52 Å². The number of nitrogens with zero attached hydrogens (tertiary/aromatic N) is 3. The van der Waals surface area contributed by atoms with Crippen molar-refractivity contribution in [2.24, 2.45) is 0 Å². The summed E-state index contributed by atoms with van der Waals surface area (Å²) in [6.07, 6.45) is 5.91. The number of carbonyl (C=O) groups is 1. The second-order valence-corrected chi connectivity index (χ2v) is 6.76. The first-order valence-electron chi connectivity index (χ1n) is 9.02. The maximum Gasteiger partial charge on any atom is 0.299 e. The van der Waals surface area contributed by atoms with Crippen LogP contribution in [0.3, 0.4) is 0 Å². The Morgan fingerprint density at radius 1 is 1.26 bits per heavy atom. The lowest BCUT2D eigenvalue weighted by Gasteiger charge is -2.12. The fourth-order valence-electron chi connectivity index (χ4n) is 3.40. The third kappa shape index (κ3) is 3.60. The number of benzene rings is 1. The molecule has 0 aliphatic heterocycles. The molecule has 1 aromatic carbocycles. The van der Waals surface area contributed by atoms with Gasteiger partial charge in [0.1, 0.15) is 17.0 Å². The molecule has 4 rings (SSSR count). The first-order chi connectivity index (χ1) is 13.1. The molecule has 8 heteroatoms. The number of amides is 1. The van der Waals surface area contributed by atoms with Crippen LogP contribution in [0.2, 0.25) is 0 Å². The Morgan fingerprint density at radius 2 is 2.00 bits per heavy atom. The molecular formula is C19H19FN4O3. The summed E-state index contributed by atoms with van der Waals surface area (Å²) in [4.78, 5) is 28.9. The number of fused-ring (bicyclic) bond motifs is 1. The molecule has 27 heavy (non-hydrogen) atoms. The first kappa shape index (κ1) is 17.4. The minimum atomic E-state index is -0.394. The predicted octanol–water partition coefficient (Wildman–Crippen LogP) is 2.64. The number of hydrogen-bond acceptors (Lipinski definition) is 5. The zero-order chi connectivity index (χ0) is 18.8. The Hall–Kier alpha value is -3.03. The van der Waals surface area contributed by atoms with E-state index in [0.29, 0.717) is 16.8 Å². The fourth-order valence-corrected chi connectivity index (χ4v) is 3.40. The molecule has 0 spiro atoms. The molecule has 2 heterocycles. The number of hydrogen-bond donors (Lipinski definition) is 1. The van der Waals surface area contributed by atoms with Gasteiger partial charge < -0.3 is 9.84 Å². The topological polar surface area (TPSA) is 90.0 Å². The number of halogens is 1. The van der Waals surface area contributed by atoms with Crippen molar-refractivity contribution < 1.29 is 13.7 Å². The first-order valence-corrected chi connectivity index (χ1v) is 9.02. The van der Waals surface area contributed by atoms with Crippen LogP contribution in [0.1, 0.15) is 32.1 Å². The lowest BCUT2D eigenvalue weighted by Crippen LogP contribution is -2.34. The van der Waals surface area contributed by atoms with E-state index in [1.54, 1.807) is 12.1 Å². The zero-order valence-corrected chi connectivity index (χ0v) is 14.7. The van der Waals surface area contributed by atoms with Gasteiger partial charge in [-0.05, 0) is 37.1 Å². The van der Waals surface area contributed by atoms with Crippen LogP contribution < -0.4 is 10.9 Å². The van der Waals surface area contributed by atoms with Crippen LogP contribution in [0, 0.1) is 5.82 Å². The third-order valence-electron chi connectivity index (χ3n) is 4.87. The maximum absolute atomic E-state index is 13.1. The van der Waals surface area contributed by atoms with Crippen LogP contribution in [0.25, 0.3) is 22.4 Å². The highest BCUT2D eigenvalue weighted by Gasteiger charge is 2.19. The van der Waals surface area contributed by atoms with Gasteiger partial charge in [0.2, 0.25) is 5.91 Å². The van der Waals surface area contributed by atoms with E-state index >= 15 is 0 Å². The molecule has 3 aromatic rings. The van der Waals surface area contributed by atoms with Crippen molar-refractivity contribution in [3.05, 3.63) is 46.8 Å². The smallest absolute Gasteiger partial charge is 0.299 e. The van der Waals surface area contributed by atoms with Gasteiger partial charge in [-0.15, -0.1) is 0 Å². The fraction of sp³-hybridized carbons (Fsp3) is 0.368. The molecule has 1 amide bonds. The van der Waals surface area contributed by atoms with Crippen LogP contribution in [0.4, 0.5) is 4.39 Å². The zero-order valence-electron chi connectivity index (χ0n) is 14.7. The molecule has 140 valence electrons. The molecule has 0 bridgehead atoms. The van der Waals surface area contributed by atoms with Gasteiger partial charge in [-0.2, -0.15) is 0 Å². The molecular weight excluding hydrogens is 351 g/mol. The molecule has 0 unspecified atom stereocenters. The Kier molecular flexibility index (Phi) is 4.70. The van der Waals surface area contributed by atoms with Crippen molar-refractivity contribution in [1.82, 2.24) is 20.0 Å². The van der Waals surface area contributed by atoms with Crippen molar-refractivity contribution in [2.45, 2.75) is 44.7 Å². The van der Waals surface area contributed by atoms with E-state index < -0.39 is 5.56 Å². The molecule has 1 saturated carbocycles. The molecule has 0 atom stereocenters. The minimum Gasteiger partial charge on any atom is -0.353 e. The summed E-state index contributed by atoms with van der Waals surface area (Å²) >= 11 is 0. The molecule has 0 saturated heterocycles. The Balaban J connectivity index is 1.51. The Bertz CT molecular complexity index is 1020. The summed E-state index contributed by atoms with van der Waals surface area (Å²) in [7, 11) is 0. The van der Waals surface area contributed by atoms with Crippen molar-refractivity contribution in [3.63, 3.8) is 0 Å². The second kappa shape index (κ2) is 7.30. The highest BCUT2D eigenvalue weighted by molar-refractivity contribution is 5.87. The summed E-state index contributed by atoms with van der Waals surface area (Å²) in [6.45, 7) is 0.215. The van der Waals surface area contributed by atoms with Gasteiger partial charge in [0, 0.05) is 24.6 Å². The SMILES string of the molecule is O=C(CCn1cnc2c(-c3ccc(F)cc3)noc2c1=O)NC1CCCC1. The van der Waals surface area contributed by atoms with Crippen LogP contribution in [-0.2, 0) is 11.3 Å². The summed E-state index contributed by atoms with van der Waals surface area (Å²) < 4.78 is 19.6. The van der Waals surface area contributed by atoms with Crippen molar-refractivity contribution in [1.29, 1.82) is 0 Å². The quantitative estimate of drug-likeness (QED) is 0.746. The molecule has 1 N–H and O–H groups in total. The van der Waals surface area contributed by atoms with E-state index in [9.17, 15) is 14.0 Å². The standard InChI is InChI=1S/C19H19FN4O3/c20-13-7-5-12(6-8-13)16-17-18(27-23-16)19(26)24(11-21-17)10-9-15(25)22-14-3-1-2-4-14/h5-8,11,14H,1-4,9-10H2,(H,22,25). The third-order valence-corrected chi connectivity index (χ3v) is 4.87. The van der Waals surface area contributed by atoms with Crippen LogP contribution in [-0.4, -0.2) is 26.7 Å². The van der Waals surface area contributed by atoms with Crippen LogP contribution in [0.5, 0.6) is 0 Å². The molecule has 0 radical (unpaired) electrons. The highest BCUT2D eigenvalue weighted by atomic mass is 19.1. The number of aryl methyl sites for hydroxylation is 1. The molecule has 1 fully saturated rings. The number of carbonyl (C=O) groups excluding carboxylic acids is 1. The van der Waals surface area contributed by atoms with Gasteiger partial charge in [-0.1, -0.05) is 18.0 Å². The van der Waals surface area contributed by atoms with Gasteiger partial charge >= 0.3 is 0 Å². The van der Waals surface area contributed by atoms with Gasteiger partial charge in [0.25, 0.3) is 11.1 Å². The van der Waals surface area contributed by atoms with E-state index in [1.165, 1.54) is 23.0 Å². The summed E-state index contributed by atoms with van der Waals surface area (Å²) in [6, 6.07) is 5.96. The van der Waals surface area contributed by atoms with Crippen molar-refractivity contribution in [3.8, 4) is 11.3 Å². The van der Waals surface area contributed by atoms with Crippen LogP contribution in [0.15, 0.2) is 39.9 Å². The van der Waals surface area contributed by atoms with Gasteiger partial charge in [-0.3, -0.25) is 14.2 Å². The average Bonchev–Trinajstić information content (AvgIpc) is 3.32. The van der Waals surface area contributed by atoms with E-state index in [1.807, 2.05) is 0 Å². The average molecular weight is 370 g/mol. The van der Waals surface area contributed by atoms with E-state index in [2.05, 4.69) is 15.5 Å². The van der Waals surface area contributed by atoms with Gasteiger partial charge in [-0.25, -0.2) is 9.37 Å². The Morgan fingerprint density at radius 3 is 2.74 bits per heavy atom. The number of aromatic nitrogens is 3. The van der Waals surface area contributed by atoms with E-state index in [-0.39, 0.29) is 36.3 Å². The summed E-state index contributed by atoms with van der Waals surface area (Å²) in [5.74, 6) is -0.434. The van der Waals surface area contributed by atoms with E-state index in [0.717, 1.165) is 25.7 Å². The highest BCUT2D eigenvalue weighted by Crippen LogP contribution is 2.24. The lowest BCUT2D eigenvalue weighted by atomic mass is 10.1. The molecule has 1 aliphatic carbocycles. The molecule has 2 aromatic heterocycles. The number of nitrogens with one attached hydrogen (secondary N) is 1. The minimum absolute atomic E-state index is 0.0213. The van der Waals surface area contributed by atoms with Crippen molar-refractivity contribution in [2.75, 3.05) is 0 Å². The predicted molar refractivity (Wildman–Crippen MR) is 96.5 cm³/mol. The Labute approximate surface area is 154 Å². The lowest BCUT2D eigenvalue weighted by molar-refractivity contribution is -0.122. The summed E-state index contributed by atoms with van der Waals surface area (Å²) in [5, 5.41) is 6.90. The van der Waals surface area contributed by atoms with Gasteiger partial charge in [0.05, 0.1) is 6.33 Å². The maximum atomic E-state index is 13.1.